The summed E-state index contributed by atoms with van der Waals surface area (Å²) >= 11 is 0. The number of aliphatic hydroxyl groups excluding tert-OH is 2. The molecule has 0 aromatic carbocycles. The van der Waals surface area contributed by atoms with Crippen LogP contribution in [-0.4, -0.2) is 85.5 Å². The van der Waals surface area contributed by atoms with Gasteiger partial charge < -0.3 is 29.3 Å². The molecule has 1 unspecified atom stereocenters. The Morgan fingerprint density at radius 3 is 2.14 bits per heavy atom. The van der Waals surface area contributed by atoms with Gasteiger partial charge in [0.15, 0.2) is 0 Å². The fourth-order valence-corrected chi connectivity index (χ4v) is 7.70. The highest BCUT2D eigenvalue weighted by Crippen LogP contribution is 2.46. The minimum Gasteiger partial charge on any atom is -0.387 e. The lowest BCUT2D eigenvalue weighted by Gasteiger charge is -2.24. The number of nitrogens with zero attached hydrogens (tertiary/aromatic N) is 6. The number of hydrogen-bond acceptors (Lipinski definition) is 13. The number of phosphoric acid groups is 1. The molecule has 16 heteroatoms. The molecular weight excluding hydrogens is 751 g/mol. The zero-order valence-corrected chi connectivity index (χ0v) is 34.4. The number of phosphoric ester groups is 1. The summed E-state index contributed by atoms with van der Waals surface area (Å²) in [7, 11) is -4.75. The number of fused-ring (bicyclic) bond motifs is 1. The van der Waals surface area contributed by atoms with Gasteiger partial charge in [-0.15, -0.1) is 0 Å². The van der Waals surface area contributed by atoms with Gasteiger partial charge in [0.1, 0.15) is 48.6 Å². The van der Waals surface area contributed by atoms with Crippen molar-refractivity contribution < 1.29 is 42.9 Å². The monoisotopic (exact) mass is 812 g/mol. The van der Waals surface area contributed by atoms with Crippen molar-refractivity contribution in [2.75, 3.05) is 26.4 Å². The van der Waals surface area contributed by atoms with E-state index < -0.39 is 44.4 Å². The number of ether oxygens (including phenoxy) is 3. The molecule has 4 heterocycles. The summed E-state index contributed by atoms with van der Waals surface area (Å²) in [5.74, 6) is 0. The molecule has 6 atom stereocenters. The second kappa shape index (κ2) is 24.6. The average Bonchev–Trinajstić information content (AvgIpc) is 3.77. The van der Waals surface area contributed by atoms with Gasteiger partial charge in [0, 0.05) is 12.8 Å². The molecular formula is C41H61N6O9P. The summed E-state index contributed by atoms with van der Waals surface area (Å²) in [5, 5.41) is 45.2. The molecule has 1 saturated heterocycles. The van der Waals surface area contributed by atoms with Gasteiger partial charge in [-0.25, -0.2) is 19.0 Å². The Labute approximate surface area is 336 Å². The van der Waals surface area contributed by atoms with Crippen molar-refractivity contribution in [1.82, 2.24) is 19.6 Å². The van der Waals surface area contributed by atoms with Crippen molar-refractivity contribution >= 4 is 13.3 Å². The third-order valence-electron chi connectivity index (χ3n) is 10.3. The lowest BCUT2D eigenvalue weighted by Crippen LogP contribution is -2.41. The molecule has 0 amide bonds. The van der Waals surface area contributed by atoms with Crippen LogP contribution in [0.2, 0.25) is 0 Å². The summed E-state index contributed by atoms with van der Waals surface area (Å²) in [6.07, 6.45) is 17.7. The number of aliphatic hydroxyl groups is 2. The van der Waals surface area contributed by atoms with Crippen molar-refractivity contribution in [3.05, 3.63) is 59.4 Å². The van der Waals surface area contributed by atoms with E-state index in [4.69, 9.17) is 28.5 Å². The summed E-state index contributed by atoms with van der Waals surface area (Å²) < 4.78 is 42.6. The largest absolute Gasteiger partial charge is 0.472 e. The van der Waals surface area contributed by atoms with Crippen LogP contribution in [0.4, 0.5) is 0 Å². The normalized spacial score (nSPS) is 21.0. The fraction of sp³-hybridized carbons (Fsp3) is 0.683. The summed E-state index contributed by atoms with van der Waals surface area (Å²) in [4.78, 5) is 18.8. The first kappa shape index (κ1) is 46.4. The Morgan fingerprint density at radius 2 is 1.54 bits per heavy atom. The third kappa shape index (κ3) is 14.5. The molecule has 0 saturated carbocycles. The van der Waals surface area contributed by atoms with E-state index in [1.807, 2.05) is 12.1 Å². The van der Waals surface area contributed by atoms with E-state index in [0.29, 0.717) is 23.4 Å². The minimum absolute atomic E-state index is 0.0814. The van der Waals surface area contributed by atoms with E-state index in [2.05, 4.69) is 22.0 Å². The summed E-state index contributed by atoms with van der Waals surface area (Å²) in [6.45, 7) is 3.62. The van der Waals surface area contributed by atoms with Crippen molar-refractivity contribution in [2.24, 2.45) is 0 Å². The number of aryl methyl sites for hydroxylation is 1. The Kier molecular flexibility index (Phi) is 20.0. The first-order chi connectivity index (χ1) is 27.6. The molecule has 1 aliphatic rings. The zero-order chi connectivity index (χ0) is 40.9. The first-order valence-electron chi connectivity index (χ1n) is 20.6. The first-order valence-corrected chi connectivity index (χ1v) is 22.0. The van der Waals surface area contributed by atoms with Crippen molar-refractivity contribution in [3.8, 4) is 12.1 Å². The fourth-order valence-electron chi connectivity index (χ4n) is 6.94. The molecule has 0 radical (unpaired) electrons. The van der Waals surface area contributed by atoms with Gasteiger partial charge in [-0.05, 0) is 37.1 Å². The third-order valence-corrected chi connectivity index (χ3v) is 11.3. The molecule has 314 valence electrons. The molecule has 0 spiro atoms. The number of pyridine rings is 1. The molecule has 0 aliphatic carbocycles. The van der Waals surface area contributed by atoms with Crippen LogP contribution in [0.3, 0.4) is 0 Å². The topological polar surface area (TPSA) is 215 Å². The highest BCUT2D eigenvalue weighted by atomic mass is 31.2. The lowest BCUT2D eigenvalue weighted by molar-refractivity contribution is -0.0690. The quantitative estimate of drug-likeness (QED) is 0.0469. The number of unbranched alkanes of at least 4 members (excludes halogenated alkanes) is 15. The van der Waals surface area contributed by atoms with Crippen LogP contribution in [0.1, 0.15) is 132 Å². The molecule has 1 fully saturated rings. The second-order valence-electron chi connectivity index (χ2n) is 14.8. The Bertz CT molecular complexity index is 1750. The second-order valence-corrected chi connectivity index (χ2v) is 16.3. The average molecular weight is 813 g/mol. The predicted molar refractivity (Wildman–Crippen MR) is 212 cm³/mol. The van der Waals surface area contributed by atoms with Crippen LogP contribution in [0.15, 0.2) is 36.8 Å². The van der Waals surface area contributed by atoms with Crippen molar-refractivity contribution in [1.29, 1.82) is 10.5 Å². The van der Waals surface area contributed by atoms with Gasteiger partial charge in [-0.1, -0.05) is 109 Å². The minimum atomic E-state index is -4.75. The van der Waals surface area contributed by atoms with Gasteiger partial charge in [-0.3, -0.25) is 9.05 Å². The van der Waals surface area contributed by atoms with E-state index in [0.717, 1.165) is 19.3 Å². The highest BCUT2D eigenvalue weighted by molar-refractivity contribution is 7.47. The Morgan fingerprint density at radius 1 is 0.895 bits per heavy atom. The molecule has 3 N–H and O–H groups in total. The van der Waals surface area contributed by atoms with E-state index in [1.54, 1.807) is 25.1 Å². The number of aromatic nitrogens is 4. The molecule has 1 aliphatic heterocycles. The van der Waals surface area contributed by atoms with Gasteiger partial charge >= 0.3 is 7.82 Å². The molecule has 57 heavy (non-hydrogen) atoms. The van der Waals surface area contributed by atoms with Gasteiger partial charge in [0.05, 0.1) is 43.3 Å². The van der Waals surface area contributed by atoms with Crippen molar-refractivity contribution in [2.45, 2.75) is 153 Å². The maximum atomic E-state index is 13.0. The molecule has 0 bridgehead atoms. The van der Waals surface area contributed by atoms with E-state index in [1.165, 1.54) is 107 Å². The Hall–Kier alpha value is -3.34. The van der Waals surface area contributed by atoms with Gasteiger partial charge in [-0.2, -0.15) is 15.6 Å². The lowest BCUT2D eigenvalue weighted by atomic mass is 9.92. The highest BCUT2D eigenvalue weighted by Gasteiger charge is 2.58. The van der Waals surface area contributed by atoms with E-state index in [9.17, 15) is 24.9 Å². The van der Waals surface area contributed by atoms with Crippen LogP contribution in [0.25, 0.3) is 5.52 Å². The zero-order valence-electron chi connectivity index (χ0n) is 33.5. The number of hydrogen-bond donors (Lipinski definition) is 3. The van der Waals surface area contributed by atoms with Crippen LogP contribution in [-0.2, 0) is 40.0 Å². The SMILES string of the molecule is CCCCCCCCCCCCCCCCCCOC[C@H](COP(=O)(O)OC[C@H]1O[C@@](C#N)(c2ccc3c(C)ncnn23)[C@H](O)[C@@H]1O)OCc1ccc(C#N)nc1. The number of nitriles is 2. The number of rotatable bonds is 29. The Balaban J connectivity index is 1.18. The predicted octanol–water partition coefficient (Wildman–Crippen LogP) is 7.14. The molecule has 3 aromatic heterocycles. The standard InChI is InChI=1S/C41H61N6O9P/c1-3-4-5-6-7-8-9-10-11-12-13-14-15-16-17-18-23-52-27-35(53-26-33-19-20-34(24-42)44-25-33)28-54-57(50,51)55-29-37-39(48)40(49)41(30-43,56-37)38-22-21-36-32(2)45-31-46-47(36)38/h19-22,25,31,35,37,39-40,48-49H,3-18,23,26-29H2,1-2H3,(H,50,51)/t35-,37-,39-,40-,41+/m1/s1. The van der Waals surface area contributed by atoms with Crippen LogP contribution in [0.5, 0.6) is 0 Å². The molecule has 4 rings (SSSR count). The van der Waals surface area contributed by atoms with Gasteiger partial charge in [0.25, 0.3) is 0 Å². The molecule has 3 aromatic rings. The van der Waals surface area contributed by atoms with Crippen LogP contribution >= 0.6 is 7.82 Å². The van der Waals surface area contributed by atoms with Crippen LogP contribution in [0, 0.1) is 29.6 Å². The van der Waals surface area contributed by atoms with E-state index >= 15 is 0 Å². The maximum absolute atomic E-state index is 13.0. The maximum Gasteiger partial charge on any atom is 0.472 e. The summed E-state index contributed by atoms with van der Waals surface area (Å²) in [5.41, 5.74) is 0.244. The van der Waals surface area contributed by atoms with Crippen LogP contribution < -0.4 is 0 Å². The summed E-state index contributed by atoms with van der Waals surface area (Å²) in [6, 6.07) is 10.4. The van der Waals surface area contributed by atoms with Gasteiger partial charge in [0.2, 0.25) is 5.60 Å². The van der Waals surface area contributed by atoms with E-state index in [-0.39, 0.29) is 31.2 Å². The molecule has 15 nitrogen and oxygen atoms in total. The smallest absolute Gasteiger partial charge is 0.387 e. The van der Waals surface area contributed by atoms with Crippen molar-refractivity contribution in [3.63, 3.8) is 0 Å².